The topological polar surface area (TPSA) is 142 Å². The number of aromatic nitrogens is 6. The Morgan fingerprint density at radius 2 is 1.77 bits per heavy atom. The predicted octanol–water partition coefficient (Wildman–Crippen LogP) is 5.32. The molecule has 0 radical (unpaired) electrons. The molecule has 43 heavy (non-hydrogen) atoms. The van der Waals surface area contributed by atoms with Gasteiger partial charge in [0.25, 0.3) is 0 Å². The molecule has 0 aliphatic carbocycles. The average Bonchev–Trinajstić information content (AvgIpc) is 3.82. The number of H-pyrrole nitrogens is 2. The van der Waals surface area contributed by atoms with Crippen molar-refractivity contribution in [3.8, 4) is 22.5 Å². The number of benzene rings is 2. The van der Waals surface area contributed by atoms with Crippen LogP contribution in [0, 0.1) is 0 Å². The molecule has 2 amide bonds. The molecule has 4 aromatic heterocycles. The van der Waals surface area contributed by atoms with Gasteiger partial charge in [-0.15, -0.1) is 0 Å². The minimum Gasteiger partial charge on any atom is -0.453 e. The zero-order chi connectivity index (χ0) is 29.3. The normalized spacial score (nSPS) is 15.6. The lowest BCUT2D eigenvalue weighted by Gasteiger charge is -2.29. The van der Waals surface area contributed by atoms with Crippen LogP contribution in [0.2, 0.25) is 0 Å². The zero-order valence-corrected chi connectivity index (χ0v) is 23.3. The molecule has 2 aromatic carbocycles. The number of rotatable bonds is 6. The van der Waals surface area contributed by atoms with Crippen molar-refractivity contribution in [2.45, 2.75) is 24.9 Å². The van der Waals surface area contributed by atoms with Gasteiger partial charge in [0, 0.05) is 23.9 Å². The average molecular weight is 573 g/mol. The van der Waals surface area contributed by atoms with E-state index >= 15 is 0 Å². The molecule has 5 heterocycles. The van der Waals surface area contributed by atoms with Crippen molar-refractivity contribution in [1.82, 2.24) is 40.1 Å². The largest absolute Gasteiger partial charge is 0.453 e. The number of amides is 2. The molecule has 0 saturated carbocycles. The number of likely N-dealkylation sites (tertiary alicyclic amines) is 1. The third kappa shape index (κ3) is 5.05. The molecule has 1 fully saturated rings. The number of carbonyl (C=O) groups excluding carboxylic acids is 2. The Hall–Kier alpha value is -5.58. The van der Waals surface area contributed by atoms with E-state index in [1.807, 2.05) is 72.9 Å². The molecular formula is C32H28N8O3. The van der Waals surface area contributed by atoms with Crippen LogP contribution in [-0.2, 0) is 9.53 Å². The van der Waals surface area contributed by atoms with E-state index in [4.69, 9.17) is 14.7 Å². The SMILES string of the molecule is COC(=O)N[C@@H](C(=O)N1CCCC1c1cc2nc(-c3ccc(-c4cnc5nc[nH]c5c4)cc3)[nH]c2cn1)c1ccccc1. The van der Waals surface area contributed by atoms with Crippen molar-refractivity contribution in [2.24, 2.45) is 0 Å². The minimum absolute atomic E-state index is 0.203. The van der Waals surface area contributed by atoms with Crippen molar-refractivity contribution >= 4 is 34.2 Å². The number of nitrogens with one attached hydrogen (secondary N) is 3. The molecule has 214 valence electrons. The highest BCUT2D eigenvalue weighted by molar-refractivity contribution is 5.88. The summed E-state index contributed by atoms with van der Waals surface area (Å²) in [6.45, 7) is 0.566. The second-order valence-corrected chi connectivity index (χ2v) is 10.5. The third-order valence-electron chi connectivity index (χ3n) is 7.86. The van der Waals surface area contributed by atoms with Crippen LogP contribution in [0.4, 0.5) is 4.79 Å². The first-order chi connectivity index (χ1) is 21.1. The highest BCUT2D eigenvalue weighted by atomic mass is 16.5. The van der Waals surface area contributed by atoms with E-state index in [9.17, 15) is 9.59 Å². The molecule has 1 saturated heterocycles. The fraction of sp³-hybridized carbons (Fsp3) is 0.188. The lowest BCUT2D eigenvalue weighted by molar-refractivity contribution is -0.134. The van der Waals surface area contributed by atoms with E-state index in [0.29, 0.717) is 17.8 Å². The van der Waals surface area contributed by atoms with Crippen LogP contribution in [0.25, 0.3) is 44.7 Å². The minimum atomic E-state index is -0.866. The maximum Gasteiger partial charge on any atom is 0.407 e. The number of ether oxygens (including phenoxy) is 1. The van der Waals surface area contributed by atoms with E-state index in [-0.39, 0.29) is 11.9 Å². The molecule has 1 aliphatic rings. The van der Waals surface area contributed by atoms with E-state index < -0.39 is 12.1 Å². The predicted molar refractivity (Wildman–Crippen MR) is 161 cm³/mol. The summed E-state index contributed by atoms with van der Waals surface area (Å²) >= 11 is 0. The fourth-order valence-corrected chi connectivity index (χ4v) is 5.67. The number of carbonyl (C=O) groups is 2. The van der Waals surface area contributed by atoms with Crippen LogP contribution in [0.1, 0.15) is 36.2 Å². The van der Waals surface area contributed by atoms with E-state index in [2.05, 4.69) is 25.3 Å². The first-order valence-corrected chi connectivity index (χ1v) is 14.0. The van der Waals surface area contributed by atoms with Gasteiger partial charge < -0.3 is 24.9 Å². The number of alkyl carbamates (subject to hydrolysis) is 1. The van der Waals surface area contributed by atoms with Gasteiger partial charge in [0.1, 0.15) is 11.9 Å². The smallest absolute Gasteiger partial charge is 0.407 e. The van der Waals surface area contributed by atoms with Crippen molar-refractivity contribution in [1.29, 1.82) is 0 Å². The van der Waals surface area contributed by atoms with Crippen LogP contribution in [0.15, 0.2) is 85.5 Å². The molecular weight excluding hydrogens is 544 g/mol. The lowest BCUT2D eigenvalue weighted by atomic mass is 10.0. The number of pyridine rings is 2. The first-order valence-electron chi connectivity index (χ1n) is 14.0. The van der Waals surface area contributed by atoms with Crippen LogP contribution in [0.5, 0.6) is 0 Å². The molecule has 7 rings (SSSR count). The number of aromatic amines is 2. The zero-order valence-electron chi connectivity index (χ0n) is 23.3. The number of nitrogens with zero attached hydrogens (tertiary/aromatic N) is 5. The molecule has 11 nitrogen and oxygen atoms in total. The second-order valence-electron chi connectivity index (χ2n) is 10.5. The van der Waals surface area contributed by atoms with Gasteiger partial charge in [0.2, 0.25) is 5.91 Å². The van der Waals surface area contributed by atoms with Crippen LogP contribution in [-0.4, -0.2) is 60.5 Å². The Labute approximate surface area is 246 Å². The molecule has 0 spiro atoms. The molecule has 2 atom stereocenters. The summed E-state index contributed by atoms with van der Waals surface area (Å²) in [5, 5.41) is 2.71. The van der Waals surface area contributed by atoms with Gasteiger partial charge in [-0.1, -0.05) is 54.6 Å². The number of fused-ring (bicyclic) bond motifs is 2. The Morgan fingerprint density at radius 3 is 2.58 bits per heavy atom. The maximum atomic E-state index is 13.8. The molecule has 0 bridgehead atoms. The highest BCUT2D eigenvalue weighted by Crippen LogP contribution is 2.35. The van der Waals surface area contributed by atoms with Crippen molar-refractivity contribution in [3.05, 3.63) is 96.7 Å². The van der Waals surface area contributed by atoms with Crippen molar-refractivity contribution in [2.75, 3.05) is 13.7 Å². The summed E-state index contributed by atoms with van der Waals surface area (Å²) in [4.78, 5) is 52.4. The Kier molecular flexibility index (Phi) is 6.74. The summed E-state index contributed by atoms with van der Waals surface area (Å²) < 4.78 is 4.80. The van der Waals surface area contributed by atoms with Gasteiger partial charge in [-0.2, -0.15) is 0 Å². The molecule has 6 aromatic rings. The van der Waals surface area contributed by atoms with Gasteiger partial charge >= 0.3 is 6.09 Å². The van der Waals surface area contributed by atoms with Gasteiger partial charge in [0.15, 0.2) is 5.65 Å². The number of hydrogen-bond acceptors (Lipinski definition) is 7. The Morgan fingerprint density at radius 1 is 0.953 bits per heavy atom. The first kappa shape index (κ1) is 26.3. The summed E-state index contributed by atoms with van der Waals surface area (Å²) in [5.74, 6) is 0.527. The summed E-state index contributed by atoms with van der Waals surface area (Å²) in [6, 6.07) is 20.2. The molecule has 3 N–H and O–H groups in total. The standard InChI is InChI=1S/C32H28N8O3/c1-43-32(42)39-28(20-6-3-2-4-7-20)31(41)40-13-5-8-27(40)24-15-23-26(17-33-24)38-29(37-23)21-11-9-19(10-12-21)22-14-25-30(34-16-22)36-18-35-25/h2-4,6-7,9-12,14-18,27-28H,5,8,13H2,1H3,(H,37,38)(H,39,42)(H,34,35,36)/t27?,28-/m1/s1. The van der Waals surface area contributed by atoms with Gasteiger partial charge in [-0.3, -0.25) is 9.78 Å². The number of imidazole rings is 2. The Balaban J connectivity index is 1.13. The maximum absolute atomic E-state index is 13.8. The molecule has 11 heteroatoms. The fourth-order valence-electron chi connectivity index (χ4n) is 5.67. The van der Waals surface area contributed by atoms with Crippen LogP contribution in [0.3, 0.4) is 0 Å². The van der Waals surface area contributed by atoms with Gasteiger partial charge in [-0.05, 0) is 36.1 Å². The number of methoxy groups -OCH3 is 1. The monoisotopic (exact) mass is 572 g/mol. The van der Waals surface area contributed by atoms with Crippen molar-refractivity contribution < 1.29 is 14.3 Å². The van der Waals surface area contributed by atoms with E-state index in [0.717, 1.165) is 57.6 Å². The number of hydrogen-bond donors (Lipinski definition) is 3. The Bertz CT molecular complexity index is 1930. The lowest BCUT2D eigenvalue weighted by Crippen LogP contribution is -2.42. The molecule has 1 unspecified atom stereocenters. The van der Waals surface area contributed by atoms with Crippen LogP contribution < -0.4 is 5.32 Å². The van der Waals surface area contributed by atoms with Gasteiger partial charge in [-0.25, -0.2) is 19.7 Å². The summed E-state index contributed by atoms with van der Waals surface area (Å²) in [7, 11) is 1.28. The van der Waals surface area contributed by atoms with E-state index in [1.165, 1.54) is 7.11 Å². The van der Waals surface area contributed by atoms with E-state index in [1.54, 1.807) is 17.4 Å². The summed E-state index contributed by atoms with van der Waals surface area (Å²) in [6.07, 6.45) is 6.16. The highest BCUT2D eigenvalue weighted by Gasteiger charge is 2.36. The summed E-state index contributed by atoms with van der Waals surface area (Å²) in [5.41, 5.74) is 7.57. The van der Waals surface area contributed by atoms with Crippen molar-refractivity contribution in [3.63, 3.8) is 0 Å². The quantitative estimate of drug-likeness (QED) is 0.245. The molecule has 1 aliphatic heterocycles. The third-order valence-corrected chi connectivity index (χ3v) is 7.86. The second kappa shape index (κ2) is 11.0. The van der Waals surface area contributed by atoms with Gasteiger partial charge in [0.05, 0.1) is 47.9 Å². The van der Waals surface area contributed by atoms with Crippen LogP contribution >= 0.6 is 0 Å².